The highest BCUT2D eigenvalue weighted by Crippen LogP contribution is 2.42. The lowest BCUT2D eigenvalue weighted by atomic mass is 10.1. The summed E-state index contributed by atoms with van der Waals surface area (Å²) in [7, 11) is 0. The zero-order valence-corrected chi connectivity index (χ0v) is 17.2. The minimum absolute atomic E-state index is 0.0464. The van der Waals surface area contributed by atoms with Gasteiger partial charge in [0.15, 0.2) is 0 Å². The van der Waals surface area contributed by atoms with E-state index in [4.69, 9.17) is 11.6 Å². The number of nitrogens with one attached hydrogen (secondary N) is 2. The van der Waals surface area contributed by atoms with Crippen molar-refractivity contribution in [2.45, 2.75) is 16.7 Å². The van der Waals surface area contributed by atoms with E-state index in [-0.39, 0.29) is 11.9 Å². The third kappa shape index (κ3) is 4.09. The maximum atomic E-state index is 13.0. The zero-order valence-electron chi connectivity index (χ0n) is 15.6. The van der Waals surface area contributed by atoms with Crippen LogP contribution in [0, 0.1) is 0 Å². The number of urea groups is 1. The number of fused-ring (bicyclic) bond motifs is 2. The van der Waals surface area contributed by atoms with Crippen LogP contribution in [-0.4, -0.2) is 18.5 Å². The summed E-state index contributed by atoms with van der Waals surface area (Å²) in [5.41, 5.74) is 2.66. The van der Waals surface area contributed by atoms with Gasteiger partial charge in [0.2, 0.25) is 0 Å². The van der Waals surface area contributed by atoms with Gasteiger partial charge in [-0.25, -0.2) is 4.79 Å². The number of carbonyl (C=O) groups excluding carboxylic acids is 2. The average molecular weight is 424 g/mol. The molecule has 3 aromatic carbocycles. The summed E-state index contributed by atoms with van der Waals surface area (Å²) >= 11 is 7.51. The first-order valence-electron chi connectivity index (χ1n) is 9.11. The molecule has 0 saturated carbocycles. The number of hydrogen-bond acceptors (Lipinski definition) is 3. The lowest BCUT2D eigenvalue weighted by molar-refractivity contribution is 0.0985. The molecule has 0 saturated heterocycles. The summed E-state index contributed by atoms with van der Waals surface area (Å²) in [4.78, 5) is 29.0. The summed E-state index contributed by atoms with van der Waals surface area (Å²) in [6.45, 7) is 2.46. The molecular formula is C22H18ClN3O2S. The van der Waals surface area contributed by atoms with Gasteiger partial charge in [-0.2, -0.15) is 0 Å². The second-order valence-electron chi connectivity index (χ2n) is 6.42. The van der Waals surface area contributed by atoms with Gasteiger partial charge in [-0.3, -0.25) is 4.79 Å². The Bertz CT molecular complexity index is 1100. The Hall–Kier alpha value is -2.96. The van der Waals surface area contributed by atoms with Crippen molar-refractivity contribution in [3.05, 3.63) is 77.3 Å². The molecular weight excluding hydrogens is 406 g/mol. The van der Waals surface area contributed by atoms with E-state index in [1.807, 2.05) is 49.4 Å². The fourth-order valence-corrected chi connectivity index (χ4v) is 4.42. The van der Waals surface area contributed by atoms with E-state index < -0.39 is 0 Å². The Morgan fingerprint density at radius 2 is 1.72 bits per heavy atom. The van der Waals surface area contributed by atoms with E-state index in [0.29, 0.717) is 28.5 Å². The van der Waals surface area contributed by atoms with E-state index in [2.05, 4.69) is 10.6 Å². The summed E-state index contributed by atoms with van der Waals surface area (Å²) in [6.07, 6.45) is 0. The smallest absolute Gasteiger partial charge is 0.308 e. The molecule has 1 aliphatic heterocycles. The van der Waals surface area contributed by atoms with Crippen LogP contribution in [0.4, 0.5) is 21.9 Å². The van der Waals surface area contributed by atoms with Gasteiger partial charge in [-0.15, -0.1) is 0 Å². The van der Waals surface area contributed by atoms with Crippen LogP contribution in [0.2, 0.25) is 5.02 Å². The molecule has 2 N–H and O–H groups in total. The third-order valence-electron chi connectivity index (χ3n) is 4.49. The molecule has 3 aromatic rings. The van der Waals surface area contributed by atoms with Crippen LogP contribution < -0.4 is 15.5 Å². The predicted octanol–water partition coefficient (Wildman–Crippen LogP) is 6.12. The standard InChI is InChI=1S/C22H18ClN3O2S/c1-2-26-18-13-16(25-22(28)24-15-7-5-6-14(23)12-15)10-11-20(18)29-19-9-4-3-8-17(19)21(26)27/h3-13H,2H2,1H3,(H2,24,25,28). The van der Waals surface area contributed by atoms with Crippen molar-refractivity contribution in [3.63, 3.8) is 0 Å². The second kappa shape index (κ2) is 8.19. The van der Waals surface area contributed by atoms with Crippen molar-refractivity contribution in [1.82, 2.24) is 0 Å². The SMILES string of the molecule is CCN1C(=O)c2ccccc2Sc2ccc(NC(=O)Nc3cccc(Cl)c3)cc21. The minimum atomic E-state index is -0.383. The maximum Gasteiger partial charge on any atom is 0.323 e. The molecule has 5 nitrogen and oxygen atoms in total. The summed E-state index contributed by atoms with van der Waals surface area (Å²) < 4.78 is 0. The van der Waals surface area contributed by atoms with Crippen LogP contribution in [0.1, 0.15) is 17.3 Å². The number of anilines is 3. The maximum absolute atomic E-state index is 13.0. The van der Waals surface area contributed by atoms with Crippen molar-refractivity contribution in [2.24, 2.45) is 0 Å². The van der Waals surface area contributed by atoms with E-state index >= 15 is 0 Å². The number of benzene rings is 3. The molecule has 29 heavy (non-hydrogen) atoms. The highest BCUT2D eigenvalue weighted by molar-refractivity contribution is 7.99. The van der Waals surface area contributed by atoms with Gasteiger partial charge in [-0.1, -0.05) is 41.6 Å². The minimum Gasteiger partial charge on any atom is -0.308 e. The van der Waals surface area contributed by atoms with Crippen LogP contribution in [-0.2, 0) is 0 Å². The van der Waals surface area contributed by atoms with Crippen molar-refractivity contribution in [3.8, 4) is 0 Å². The van der Waals surface area contributed by atoms with Gasteiger partial charge >= 0.3 is 6.03 Å². The van der Waals surface area contributed by atoms with Crippen molar-refractivity contribution < 1.29 is 9.59 Å². The molecule has 0 unspecified atom stereocenters. The van der Waals surface area contributed by atoms with Gasteiger partial charge in [0, 0.05) is 32.7 Å². The molecule has 0 radical (unpaired) electrons. The molecule has 4 rings (SSSR count). The van der Waals surface area contributed by atoms with Crippen LogP contribution >= 0.6 is 23.4 Å². The molecule has 0 aromatic heterocycles. The molecule has 0 bridgehead atoms. The van der Waals surface area contributed by atoms with Gasteiger partial charge < -0.3 is 15.5 Å². The van der Waals surface area contributed by atoms with Crippen molar-refractivity contribution in [1.29, 1.82) is 0 Å². The highest BCUT2D eigenvalue weighted by atomic mass is 35.5. The van der Waals surface area contributed by atoms with E-state index in [1.54, 1.807) is 40.9 Å². The number of hydrogen-bond donors (Lipinski definition) is 2. The second-order valence-corrected chi connectivity index (χ2v) is 7.94. The monoisotopic (exact) mass is 423 g/mol. The van der Waals surface area contributed by atoms with Crippen LogP contribution in [0.15, 0.2) is 76.5 Å². The third-order valence-corrected chi connectivity index (χ3v) is 5.86. The molecule has 7 heteroatoms. The first-order chi connectivity index (χ1) is 14.0. The molecule has 146 valence electrons. The van der Waals surface area contributed by atoms with Crippen LogP contribution in [0.3, 0.4) is 0 Å². The van der Waals surface area contributed by atoms with Gasteiger partial charge in [0.25, 0.3) is 5.91 Å². The molecule has 0 fully saturated rings. The van der Waals surface area contributed by atoms with Gasteiger partial charge in [-0.05, 0) is 55.5 Å². The van der Waals surface area contributed by atoms with E-state index in [1.165, 1.54) is 0 Å². The van der Waals surface area contributed by atoms with E-state index in [0.717, 1.165) is 15.5 Å². The average Bonchev–Trinajstić information content (AvgIpc) is 2.81. The normalized spacial score (nSPS) is 12.6. The molecule has 1 heterocycles. The Balaban J connectivity index is 1.60. The van der Waals surface area contributed by atoms with Gasteiger partial charge in [0.05, 0.1) is 11.3 Å². The Kier molecular flexibility index (Phi) is 5.47. The summed E-state index contributed by atoms with van der Waals surface area (Å²) in [6, 6.07) is 19.7. The largest absolute Gasteiger partial charge is 0.323 e. The Labute approximate surface area is 178 Å². The van der Waals surface area contributed by atoms with Crippen molar-refractivity contribution in [2.75, 3.05) is 22.1 Å². The Morgan fingerprint density at radius 3 is 2.48 bits per heavy atom. The Morgan fingerprint density at radius 1 is 0.966 bits per heavy atom. The number of carbonyl (C=O) groups is 2. The first kappa shape index (κ1) is 19.4. The number of amides is 3. The zero-order chi connectivity index (χ0) is 20.4. The van der Waals surface area contributed by atoms with E-state index in [9.17, 15) is 9.59 Å². The fraction of sp³-hybridized carbons (Fsp3) is 0.0909. The lowest BCUT2D eigenvalue weighted by Gasteiger charge is -2.22. The quantitative estimate of drug-likeness (QED) is 0.533. The highest BCUT2D eigenvalue weighted by Gasteiger charge is 2.26. The summed E-state index contributed by atoms with van der Waals surface area (Å²) in [5, 5.41) is 6.12. The van der Waals surface area contributed by atoms with Crippen LogP contribution in [0.25, 0.3) is 0 Å². The van der Waals surface area contributed by atoms with Crippen molar-refractivity contribution >= 4 is 52.4 Å². The molecule has 0 spiro atoms. The van der Waals surface area contributed by atoms with Crippen LogP contribution in [0.5, 0.6) is 0 Å². The molecule has 1 aliphatic rings. The lowest BCUT2D eigenvalue weighted by Crippen LogP contribution is -2.30. The number of rotatable bonds is 3. The molecule has 0 atom stereocenters. The molecule has 0 aliphatic carbocycles. The molecule has 3 amide bonds. The fourth-order valence-electron chi connectivity index (χ4n) is 3.17. The first-order valence-corrected chi connectivity index (χ1v) is 10.3. The number of halogens is 1. The van der Waals surface area contributed by atoms with Gasteiger partial charge in [0.1, 0.15) is 0 Å². The number of nitrogens with zero attached hydrogens (tertiary/aromatic N) is 1. The summed E-state index contributed by atoms with van der Waals surface area (Å²) in [5.74, 6) is -0.0464. The topological polar surface area (TPSA) is 61.4 Å². The predicted molar refractivity (Wildman–Crippen MR) is 118 cm³/mol.